The van der Waals surface area contributed by atoms with Gasteiger partial charge >= 0.3 is 0 Å². The second-order valence-electron chi connectivity index (χ2n) is 6.50. The van der Waals surface area contributed by atoms with Crippen molar-refractivity contribution >= 4 is 28.3 Å². The summed E-state index contributed by atoms with van der Waals surface area (Å²) >= 11 is 1.69. The Bertz CT molecular complexity index is 858. The van der Waals surface area contributed by atoms with Gasteiger partial charge in [0.05, 0.1) is 17.1 Å². The summed E-state index contributed by atoms with van der Waals surface area (Å²) in [4.78, 5) is 23.1. The molecule has 7 heteroatoms. The second-order valence-corrected chi connectivity index (χ2v) is 7.48. The van der Waals surface area contributed by atoms with Crippen LogP contribution in [0.25, 0.3) is 11.0 Å². The summed E-state index contributed by atoms with van der Waals surface area (Å²) in [5.74, 6) is 0.600. The molecule has 1 atom stereocenters. The van der Waals surface area contributed by atoms with Crippen molar-refractivity contribution in [2.24, 2.45) is 0 Å². The Hall–Kier alpha value is -2.22. The number of nitrogens with zero attached hydrogens (tertiary/aromatic N) is 2. The molecule has 2 aromatic heterocycles. The number of likely N-dealkylation sites (N-methyl/N-ethyl adjacent to an activating group) is 1. The molecule has 1 amide bonds. The van der Waals surface area contributed by atoms with Crippen LogP contribution in [0.3, 0.4) is 0 Å². The van der Waals surface area contributed by atoms with Crippen LogP contribution in [0.4, 0.5) is 0 Å². The number of aromatic nitrogens is 2. The highest BCUT2D eigenvalue weighted by atomic mass is 32.1. The number of nitrogens with one attached hydrogen (secondary N) is 2. The van der Waals surface area contributed by atoms with Crippen molar-refractivity contribution < 1.29 is 9.53 Å². The number of ether oxygens (including phenoxy) is 1. The Kier molecular flexibility index (Phi) is 6.03. The fourth-order valence-corrected chi connectivity index (χ4v) is 3.69. The Balaban J connectivity index is 1.46. The number of carbonyl (C=O) groups excluding carboxylic acids is 1. The van der Waals surface area contributed by atoms with Gasteiger partial charge in [-0.2, -0.15) is 0 Å². The molecule has 0 fully saturated rings. The van der Waals surface area contributed by atoms with Crippen LogP contribution in [-0.2, 0) is 16.1 Å². The van der Waals surface area contributed by atoms with E-state index in [0.717, 1.165) is 16.9 Å². The average Bonchev–Trinajstić information content (AvgIpc) is 3.24. The zero-order valence-corrected chi connectivity index (χ0v) is 16.1. The molecule has 6 nitrogen and oxygen atoms in total. The van der Waals surface area contributed by atoms with Crippen LogP contribution in [0.2, 0.25) is 0 Å². The van der Waals surface area contributed by atoms with E-state index in [1.165, 1.54) is 10.4 Å². The van der Waals surface area contributed by atoms with E-state index in [-0.39, 0.29) is 25.2 Å². The molecule has 1 unspecified atom stereocenters. The molecule has 0 aliphatic carbocycles. The van der Waals surface area contributed by atoms with E-state index in [4.69, 9.17) is 4.74 Å². The van der Waals surface area contributed by atoms with Gasteiger partial charge in [0.1, 0.15) is 19.0 Å². The normalized spacial score (nSPS) is 12.6. The molecule has 3 rings (SSSR count). The molecule has 0 aliphatic heterocycles. The van der Waals surface area contributed by atoms with Gasteiger partial charge in [-0.3, -0.25) is 4.79 Å². The van der Waals surface area contributed by atoms with E-state index in [2.05, 4.69) is 26.3 Å². The lowest BCUT2D eigenvalue weighted by molar-refractivity contribution is -0.126. The molecule has 3 aromatic rings. The van der Waals surface area contributed by atoms with Crippen LogP contribution >= 0.6 is 11.3 Å². The smallest absolute Gasteiger partial charge is 0.246 e. The van der Waals surface area contributed by atoms with Crippen LogP contribution in [0.5, 0.6) is 0 Å². The number of rotatable bonds is 8. The molecule has 26 heavy (non-hydrogen) atoms. The largest absolute Gasteiger partial charge is 0.364 e. The predicted molar refractivity (Wildman–Crippen MR) is 104 cm³/mol. The Morgan fingerprint density at radius 3 is 2.96 bits per heavy atom. The number of hydrogen-bond donors (Lipinski definition) is 2. The van der Waals surface area contributed by atoms with Gasteiger partial charge in [0.2, 0.25) is 5.91 Å². The monoisotopic (exact) mass is 372 g/mol. The van der Waals surface area contributed by atoms with Crippen molar-refractivity contribution in [3.05, 3.63) is 52.0 Å². The van der Waals surface area contributed by atoms with Gasteiger partial charge in [0, 0.05) is 11.4 Å². The minimum Gasteiger partial charge on any atom is -0.364 e. The van der Waals surface area contributed by atoms with Gasteiger partial charge in [-0.05, 0) is 50.2 Å². The van der Waals surface area contributed by atoms with Gasteiger partial charge in [-0.25, -0.2) is 4.98 Å². The zero-order valence-electron chi connectivity index (χ0n) is 15.3. The number of benzene rings is 1. The van der Waals surface area contributed by atoms with E-state index < -0.39 is 0 Å². The number of hydrogen-bond acceptors (Lipinski definition) is 5. The van der Waals surface area contributed by atoms with E-state index in [0.29, 0.717) is 6.54 Å². The van der Waals surface area contributed by atoms with Crippen LogP contribution < -0.4 is 5.32 Å². The van der Waals surface area contributed by atoms with Crippen molar-refractivity contribution in [3.63, 3.8) is 0 Å². The maximum Gasteiger partial charge on any atom is 0.246 e. The topological polar surface area (TPSA) is 70.2 Å². The number of carbonyl (C=O) groups is 1. The fraction of sp³-hybridized carbons (Fsp3) is 0.368. The van der Waals surface area contributed by atoms with Crippen LogP contribution in [-0.4, -0.2) is 48.0 Å². The van der Waals surface area contributed by atoms with Crippen molar-refractivity contribution in [1.29, 1.82) is 0 Å². The summed E-state index contributed by atoms with van der Waals surface area (Å²) < 4.78 is 5.51. The first kappa shape index (κ1) is 18.6. The number of H-pyrrole nitrogens is 1. The molecule has 0 spiro atoms. The third-order valence-corrected chi connectivity index (χ3v) is 5.12. The Morgan fingerprint density at radius 2 is 2.23 bits per heavy atom. The van der Waals surface area contributed by atoms with Gasteiger partial charge in [0.25, 0.3) is 0 Å². The summed E-state index contributed by atoms with van der Waals surface area (Å²) in [6, 6.07) is 10.3. The van der Waals surface area contributed by atoms with Gasteiger partial charge < -0.3 is 19.9 Å². The van der Waals surface area contributed by atoms with E-state index in [9.17, 15) is 4.79 Å². The minimum atomic E-state index is -0.125. The molecule has 0 saturated carbocycles. The predicted octanol–water partition coefficient (Wildman–Crippen LogP) is 2.87. The molecule has 1 aromatic carbocycles. The SMILES string of the molecule is Cc1ccc2nc(COCC(=O)NCC(c3cccs3)N(C)C)[nH]c2c1. The summed E-state index contributed by atoms with van der Waals surface area (Å²) in [5.41, 5.74) is 3.07. The van der Waals surface area contributed by atoms with Crippen LogP contribution in [0, 0.1) is 6.92 Å². The third-order valence-electron chi connectivity index (χ3n) is 4.15. The highest BCUT2D eigenvalue weighted by Gasteiger charge is 2.16. The molecule has 0 aliphatic rings. The molecule has 0 radical (unpaired) electrons. The first-order chi connectivity index (χ1) is 12.5. The number of aromatic amines is 1. The first-order valence-corrected chi connectivity index (χ1v) is 9.40. The fourth-order valence-electron chi connectivity index (χ4n) is 2.77. The summed E-state index contributed by atoms with van der Waals surface area (Å²) in [6.45, 7) is 2.89. The standard InChI is InChI=1S/C19H24N4O2S/c1-13-6-7-14-15(9-13)22-18(21-14)11-25-12-19(24)20-10-16(23(2)3)17-5-4-8-26-17/h4-9,16H,10-12H2,1-3H3,(H,20,24)(H,21,22). The molecule has 2 N–H and O–H groups in total. The molecule has 0 bridgehead atoms. The van der Waals surface area contributed by atoms with Crippen LogP contribution in [0.1, 0.15) is 22.3 Å². The van der Waals surface area contributed by atoms with Crippen molar-refractivity contribution in [1.82, 2.24) is 20.2 Å². The van der Waals surface area contributed by atoms with E-state index >= 15 is 0 Å². The molecule has 2 heterocycles. The van der Waals surface area contributed by atoms with Gasteiger partial charge in [-0.15, -0.1) is 11.3 Å². The molecule has 138 valence electrons. The minimum absolute atomic E-state index is 0.0145. The highest BCUT2D eigenvalue weighted by Crippen LogP contribution is 2.22. The van der Waals surface area contributed by atoms with Crippen molar-refractivity contribution in [3.8, 4) is 0 Å². The van der Waals surface area contributed by atoms with E-state index in [1.807, 2.05) is 50.7 Å². The maximum atomic E-state index is 12.1. The maximum absolute atomic E-state index is 12.1. The third kappa shape index (κ3) is 4.69. The number of amides is 1. The van der Waals surface area contributed by atoms with Crippen molar-refractivity contribution in [2.75, 3.05) is 27.2 Å². The quantitative estimate of drug-likeness (QED) is 0.638. The lowest BCUT2D eigenvalue weighted by Gasteiger charge is -2.23. The summed E-state index contributed by atoms with van der Waals surface area (Å²) in [6.07, 6.45) is 0. The molecule has 0 saturated heterocycles. The number of imidazole rings is 1. The van der Waals surface area contributed by atoms with E-state index in [1.54, 1.807) is 11.3 Å². The summed E-state index contributed by atoms with van der Waals surface area (Å²) in [5, 5.41) is 4.99. The number of fused-ring (bicyclic) bond motifs is 1. The first-order valence-electron chi connectivity index (χ1n) is 8.52. The van der Waals surface area contributed by atoms with Crippen molar-refractivity contribution in [2.45, 2.75) is 19.6 Å². The zero-order chi connectivity index (χ0) is 18.5. The lowest BCUT2D eigenvalue weighted by atomic mass is 10.2. The lowest BCUT2D eigenvalue weighted by Crippen LogP contribution is -2.36. The molecular formula is C19H24N4O2S. The van der Waals surface area contributed by atoms with Crippen LogP contribution in [0.15, 0.2) is 35.7 Å². The second kappa shape index (κ2) is 8.44. The number of aryl methyl sites for hydroxylation is 1. The Morgan fingerprint density at radius 1 is 1.38 bits per heavy atom. The highest BCUT2D eigenvalue weighted by molar-refractivity contribution is 7.10. The van der Waals surface area contributed by atoms with Gasteiger partial charge in [0.15, 0.2) is 0 Å². The summed E-state index contributed by atoms with van der Waals surface area (Å²) in [7, 11) is 4.02. The Labute approximate surface area is 157 Å². The molecular weight excluding hydrogens is 348 g/mol. The van der Waals surface area contributed by atoms with Gasteiger partial charge in [-0.1, -0.05) is 12.1 Å². The average molecular weight is 372 g/mol. The number of thiophene rings is 1.